The molecule has 0 atom stereocenters. The molecule has 9 heteroatoms. The van der Waals surface area contributed by atoms with Gasteiger partial charge in [-0.3, -0.25) is 15.5 Å². The Morgan fingerprint density at radius 1 is 1.09 bits per heavy atom. The molecule has 32 heavy (non-hydrogen) atoms. The Labute approximate surface area is 188 Å². The van der Waals surface area contributed by atoms with Gasteiger partial charge in [0.25, 0.3) is 5.69 Å². The zero-order chi connectivity index (χ0) is 22.3. The first-order valence-corrected chi connectivity index (χ1v) is 10.7. The molecule has 0 bridgehead atoms. The van der Waals surface area contributed by atoms with Crippen molar-refractivity contribution < 1.29 is 14.4 Å². The lowest BCUT2D eigenvalue weighted by atomic mass is 10.2. The van der Waals surface area contributed by atoms with Crippen LogP contribution in [-0.2, 0) is 6.61 Å². The summed E-state index contributed by atoms with van der Waals surface area (Å²) in [6, 6.07) is 19.7. The molecule has 0 fully saturated rings. The van der Waals surface area contributed by atoms with Gasteiger partial charge < -0.3 is 9.47 Å². The summed E-state index contributed by atoms with van der Waals surface area (Å²) >= 11 is 1.54. The number of nitrogens with zero attached hydrogens (tertiary/aromatic N) is 3. The summed E-state index contributed by atoms with van der Waals surface area (Å²) in [6.45, 7) is 2.65. The first kappa shape index (κ1) is 21.3. The van der Waals surface area contributed by atoms with E-state index in [1.165, 1.54) is 23.5 Å². The van der Waals surface area contributed by atoms with E-state index in [1.807, 2.05) is 49.4 Å². The van der Waals surface area contributed by atoms with Crippen molar-refractivity contribution in [3.05, 3.63) is 88.0 Å². The molecule has 4 aromatic rings. The molecule has 162 valence electrons. The van der Waals surface area contributed by atoms with E-state index >= 15 is 0 Å². The second kappa shape index (κ2) is 9.88. The fourth-order valence-electron chi connectivity index (χ4n) is 2.95. The van der Waals surface area contributed by atoms with Gasteiger partial charge in [-0.1, -0.05) is 23.5 Å². The van der Waals surface area contributed by atoms with E-state index in [9.17, 15) is 10.1 Å². The Balaban J connectivity index is 1.42. The summed E-state index contributed by atoms with van der Waals surface area (Å²) in [5.74, 6) is 1.18. The summed E-state index contributed by atoms with van der Waals surface area (Å²) in [5.41, 5.74) is 5.61. The Morgan fingerprint density at radius 3 is 2.66 bits per heavy atom. The lowest BCUT2D eigenvalue weighted by Crippen LogP contribution is -2.01. The largest absolute Gasteiger partial charge is 0.490 e. The van der Waals surface area contributed by atoms with E-state index < -0.39 is 4.92 Å². The number of benzene rings is 3. The minimum absolute atomic E-state index is 0.0480. The topological polar surface area (TPSA) is 98.9 Å². The summed E-state index contributed by atoms with van der Waals surface area (Å²) in [5, 5.41) is 15.8. The maximum Gasteiger partial charge on any atom is 0.269 e. The zero-order valence-corrected chi connectivity index (χ0v) is 18.0. The summed E-state index contributed by atoms with van der Waals surface area (Å²) in [4.78, 5) is 14.8. The van der Waals surface area contributed by atoms with Crippen LogP contribution in [0.5, 0.6) is 11.5 Å². The molecule has 0 aliphatic rings. The van der Waals surface area contributed by atoms with E-state index in [0.717, 1.165) is 26.5 Å². The van der Waals surface area contributed by atoms with Crippen LogP contribution >= 0.6 is 11.3 Å². The van der Waals surface area contributed by atoms with Gasteiger partial charge >= 0.3 is 0 Å². The van der Waals surface area contributed by atoms with Crippen LogP contribution in [0.2, 0.25) is 0 Å². The van der Waals surface area contributed by atoms with Gasteiger partial charge in [0.15, 0.2) is 11.5 Å². The maximum atomic E-state index is 10.8. The van der Waals surface area contributed by atoms with Crippen LogP contribution in [0, 0.1) is 10.1 Å². The van der Waals surface area contributed by atoms with Gasteiger partial charge in [-0.25, -0.2) is 4.98 Å². The third kappa shape index (κ3) is 5.19. The van der Waals surface area contributed by atoms with E-state index in [-0.39, 0.29) is 12.3 Å². The molecule has 3 aromatic carbocycles. The first-order valence-electron chi connectivity index (χ1n) is 9.90. The Bertz CT molecular complexity index is 1220. The van der Waals surface area contributed by atoms with Gasteiger partial charge in [-0.2, -0.15) is 5.10 Å². The van der Waals surface area contributed by atoms with Crippen molar-refractivity contribution in [2.24, 2.45) is 5.10 Å². The quantitative estimate of drug-likeness (QED) is 0.202. The van der Waals surface area contributed by atoms with Crippen molar-refractivity contribution in [2.45, 2.75) is 13.5 Å². The average Bonchev–Trinajstić information content (AvgIpc) is 3.22. The SMILES string of the molecule is CCOc1cc(C=NNc2nc3ccccc3s2)ccc1OCc1ccc([N+](=O)[O-])cc1. The number of anilines is 1. The lowest BCUT2D eigenvalue weighted by Gasteiger charge is -2.12. The molecule has 0 radical (unpaired) electrons. The van der Waals surface area contributed by atoms with Crippen LogP contribution in [0.25, 0.3) is 10.2 Å². The molecular weight excluding hydrogens is 428 g/mol. The number of rotatable bonds is 9. The molecule has 1 heterocycles. The Morgan fingerprint density at radius 2 is 1.91 bits per heavy atom. The number of non-ortho nitro benzene ring substituents is 1. The third-order valence-corrected chi connectivity index (χ3v) is 5.42. The van der Waals surface area contributed by atoms with E-state index in [2.05, 4.69) is 15.5 Å². The van der Waals surface area contributed by atoms with Gasteiger partial charge in [0.1, 0.15) is 6.61 Å². The standard InChI is InChI=1S/C23H20N4O4S/c1-2-30-21-13-17(14-24-26-23-25-19-5-3-4-6-22(19)32-23)9-12-20(21)31-15-16-7-10-18(11-8-16)27(28)29/h3-14H,2,15H2,1H3,(H,25,26). The lowest BCUT2D eigenvalue weighted by molar-refractivity contribution is -0.384. The molecule has 0 amide bonds. The molecule has 8 nitrogen and oxygen atoms in total. The highest BCUT2D eigenvalue weighted by molar-refractivity contribution is 7.22. The molecule has 0 saturated heterocycles. The molecule has 0 unspecified atom stereocenters. The highest BCUT2D eigenvalue weighted by Gasteiger charge is 2.08. The molecule has 0 aliphatic carbocycles. The monoisotopic (exact) mass is 448 g/mol. The fraction of sp³-hybridized carbons (Fsp3) is 0.130. The molecule has 0 spiro atoms. The van der Waals surface area contributed by atoms with Gasteiger partial charge in [-0.05, 0) is 60.5 Å². The summed E-state index contributed by atoms with van der Waals surface area (Å²) in [7, 11) is 0. The smallest absolute Gasteiger partial charge is 0.269 e. The van der Waals surface area contributed by atoms with Crippen molar-refractivity contribution >= 4 is 38.6 Å². The fourth-order valence-corrected chi connectivity index (χ4v) is 3.77. The Kier molecular flexibility index (Phi) is 6.57. The van der Waals surface area contributed by atoms with Crippen molar-refractivity contribution in [3.8, 4) is 11.5 Å². The van der Waals surface area contributed by atoms with E-state index in [0.29, 0.717) is 18.1 Å². The van der Waals surface area contributed by atoms with Crippen LogP contribution in [0.3, 0.4) is 0 Å². The number of ether oxygens (including phenoxy) is 2. The number of aromatic nitrogens is 1. The highest BCUT2D eigenvalue weighted by Crippen LogP contribution is 2.29. The van der Waals surface area contributed by atoms with Crippen molar-refractivity contribution in [1.82, 2.24) is 4.98 Å². The van der Waals surface area contributed by atoms with Gasteiger partial charge in [0.05, 0.1) is 28.0 Å². The number of nitro groups is 1. The second-order valence-electron chi connectivity index (χ2n) is 6.71. The van der Waals surface area contributed by atoms with E-state index in [4.69, 9.17) is 9.47 Å². The summed E-state index contributed by atoms with van der Waals surface area (Å²) in [6.07, 6.45) is 1.69. The molecule has 1 aromatic heterocycles. The number of nitrogens with one attached hydrogen (secondary N) is 1. The number of hydrazone groups is 1. The number of nitro benzene ring substituents is 1. The molecule has 0 saturated carbocycles. The highest BCUT2D eigenvalue weighted by atomic mass is 32.1. The van der Waals surface area contributed by atoms with Crippen molar-refractivity contribution in [2.75, 3.05) is 12.0 Å². The predicted octanol–water partition coefficient (Wildman–Crippen LogP) is 5.63. The molecule has 1 N–H and O–H groups in total. The molecular formula is C23H20N4O4S. The molecule has 4 rings (SSSR count). The number of hydrogen-bond acceptors (Lipinski definition) is 8. The normalized spacial score (nSPS) is 11.0. The van der Waals surface area contributed by atoms with Crippen LogP contribution in [-0.4, -0.2) is 22.7 Å². The van der Waals surface area contributed by atoms with Gasteiger partial charge in [-0.15, -0.1) is 0 Å². The van der Waals surface area contributed by atoms with Crippen LogP contribution in [0.15, 0.2) is 71.8 Å². The molecule has 0 aliphatic heterocycles. The zero-order valence-electron chi connectivity index (χ0n) is 17.2. The van der Waals surface area contributed by atoms with Crippen molar-refractivity contribution in [1.29, 1.82) is 0 Å². The van der Waals surface area contributed by atoms with Gasteiger partial charge in [0.2, 0.25) is 5.13 Å². The second-order valence-corrected chi connectivity index (χ2v) is 7.74. The number of para-hydroxylation sites is 1. The maximum absolute atomic E-state index is 10.8. The minimum atomic E-state index is -0.427. The van der Waals surface area contributed by atoms with E-state index in [1.54, 1.807) is 18.3 Å². The third-order valence-electron chi connectivity index (χ3n) is 4.48. The van der Waals surface area contributed by atoms with Crippen molar-refractivity contribution in [3.63, 3.8) is 0 Å². The van der Waals surface area contributed by atoms with Crippen LogP contribution < -0.4 is 14.9 Å². The first-order chi connectivity index (χ1) is 15.6. The Hall–Kier alpha value is -3.98. The number of thiazole rings is 1. The summed E-state index contributed by atoms with van der Waals surface area (Å²) < 4.78 is 12.7. The van der Waals surface area contributed by atoms with Crippen LogP contribution in [0.1, 0.15) is 18.1 Å². The number of hydrogen-bond donors (Lipinski definition) is 1. The van der Waals surface area contributed by atoms with Crippen LogP contribution in [0.4, 0.5) is 10.8 Å². The number of fused-ring (bicyclic) bond motifs is 1. The average molecular weight is 449 g/mol. The predicted molar refractivity (Wildman–Crippen MR) is 126 cm³/mol. The van der Waals surface area contributed by atoms with Gasteiger partial charge in [0, 0.05) is 12.1 Å². The minimum Gasteiger partial charge on any atom is -0.490 e.